The normalized spacial score (nSPS) is 20.7. The zero-order valence-electron chi connectivity index (χ0n) is 9.96. The second kappa shape index (κ2) is 4.95. The van der Waals surface area contributed by atoms with Crippen molar-refractivity contribution in [3.63, 3.8) is 0 Å². The van der Waals surface area contributed by atoms with Gasteiger partial charge in [0.1, 0.15) is 0 Å². The maximum absolute atomic E-state index is 12.1. The highest BCUT2D eigenvalue weighted by molar-refractivity contribution is 6.04. The van der Waals surface area contributed by atoms with Gasteiger partial charge in [-0.25, -0.2) is 4.79 Å². The van der Waals surface area contributed by atoms with E-state index in [2.05, 4.69) is 10.6 Å². The molecule has 1 aliphatic heterocycles. The fraction of sp³-hybridized carbons (Fsp3) is 0.0769. The SMILES string of the molecule is NC1(C(=O)Nc2ccccc2C(=O)O)C=CC=CN1. The van der Waals surface area contributed by atoms with Crippen LogP contribution in [0.3, 0.4) is 0 Å². The predicted octanol–water partition coefficient (Wildman–Crippen LogP) is 0.651. The number of carbonyl (C=O) groups is 2. The van der Waals surface area contributed by atoms with E-state index in [-0.39, 0.29) is 11.3 Å². The van der Waals surface area contributed by atoms with Gasteiger partial charge >= 0.3 is 5.97 Å². The van der Waals surface area contributed by atoms with Gasteiger partial charge in [-0.3, -0.25) is 10.5 Å². The van der Waals surface area contributed by atoms with E-state index in [1.807, 2.05) is 0 Å². The lowest BCUT2D eigenvalue weighted by atomic mass is 10.1. The minimum absolute atomic E-state index is 0.00906. The number of amides is 1. The molecule has 0 aliphatic carbocycles. The van der Waals surface area contributed by atoms with E-state index >= 15 is 0 Å². The Hall–Kier alpha value is -2.60. The van der Waals surface area contributed by atoms with E-state index in [0.717, 1.165) is 0 Å². The Bertz CT molecular complexity index is 580. The third kappa shape index (κ3) is 2.63. The monoisotopic (exact) mass is 259 g/mol. The number of carboxylic acid groups (broad SMARTS) is 1. The number of nitrogens with one attached hydrogen (secondary N) is 2. The van der Waals surface area contributed by atoms with Crippen LogP contribution in [-0.4, -0.2) is 22.6 Å². The minimum atomic E-state index is -1.39. The number of rotatable bonds is 3. The highest BCUT2D eigenvalue weighted by atomic mass is 16.4. The van der Waals surface area contributed by atoms with E-state index in [9.17, 15) is 9.59 Å². The first kappa shape index (κ1) is 12.8. The lowest BCUT2D eigenvalue weighted by Gasteiger charge is -2.27. The van der Waals surface area contributed by atoms with Crippen LogP contribution in [0.25, 0.3) is 0 Å². The lowest BCUT2D eigenvalue weighted by Crippen LogP contribution is -2.59. The number of hydrogen-bond donors (Lipinski definition) is 4. The number of dihydropyridines is 1. The highest BCUT2D eigenvalue weighted by Crippen LogP contribution is 2.16. The predicted molar refractivity (Wildman–Crippen MR) is 70.4 cm³/mol. The van der Waals surface area contributed by atoms with Crippen molar-refractivity contribution in [2.24, 2.45) is 5.73 Å². The minimum Gasteiger partial charge on any atom is -0.478 e. The van der Waals surface area contributed by atoms with Crippen LogP contribution in [0.1, 0.15) is 10.4 Å². The lowest BCUT2D eigenvalue weighted by molar-refractivity contribution is -0.120. The molecule has 6 heteroatoms. The van der Waals surface area contributed by atoms with Crippen LogP contribution in [0.15, 0.2) is 48.7 Å². The zero-order valence-corrected chi connectivity index (χ0v) is 9.96. The number of carboxylic acids is 1. The van der Waals surface area contributed by atoms with Crippen LogP contribution in [-0.2, 0) is 4.79 Å². The maximum Gasteiger partial charge on any atom is 0.337 e. The van der Waals surface area contributed by atoms with Gasteiger partial charge in [-0.05, 0) is 30.5 Å². The molecular weight excluding hydrogens is 246 g/mol. The van der Waals surface area contributed by atoms with E-state index in [1.165, 1.54) is 18.2 Å². The van der Waals surface area contributed by atoms with Crippen molar-refractivity contribution >= 4 is 17.6 Å². The Labute approximate surface area is 109 Å². The first-order valence-corrected chi connectivity index (χ1v) is 5.58. The number of carbonyl (C=O) groups excluding carboxylic acids is 1. The molecule has 98 valence electrons. The Morgan fingerprint density at radius 3 is 2.63 bits per heavy atom. The fourth-order valence-electron chi connectivity index (χ4n) is 1.64. The van der Waals surface area contributed by atoms with Gasteiger partial charge in [0.15, 0.2) is 5.66 Å². The fourth-order valence-corrected chi connectivity index (χ4v) is 1.64. The van der Waals surface area contributed by atoms with Gasteiger partial charge in [-0.1, -0.05) is 18.2 Å². The van der Waals surface area contributed by atoms with Gasteiger partial charge in [-0.2, -0.15) is 0 Å². The molecule has 1 aliphatic rings. The topological polar surface area (TPSA) is 104 Å². The van der Waals surface area contributed by atoms with Crippen LogP contribution >= 0.6 is 0 Å². The van der Waals surface area contributed by atoms with Crippen molar-refractivity contribution < 1.29 is 14.7 Å². The summed E-state index contributed by atoms with van der Waals surface area (Å²) in [6.07, 6.45) is 6.37. The molecule has 1 heterocycles. The second-order valence-electron chi connectivity index (χ2n) is 4.04. The van der Waals surface area contributed by atoms with Crippen LogP contribution < -0.4 is 16.4 Å². The Balaban J connectivity index is 2.22. The van der Waals surface area contributed by atoms with Crippen molar-refractivity contribution in [2.75, 3.05) is 5.32 Å². The van der Waals surface area contributed by atoms with Crippen LogP contribution in [0.2, 0.25) is 0 Å². The van der Waals surface area contributed by atoms with Crippen molar-refractivity contribution in [1.82, 2.24) is 5.32 Å². The van der Waals surface area contributed by atoms with Crippen molar-refractivity contribution in [3.8, 4) is 0 Å². The number of hydrogen-bond acceptors (Lipinski definition) is 4. The van der Waals surface area contributed by atoms with Crippen LogP contribution in [0, 0.1) is 0 Å². The third-order valence-corrected chi connectivity index (χ3v) is 2.67. The standard InChI is InChI=1S/C13H13N3O3/c14-13(7-3-4-8-15-13)12(19)16-10-6-2-1-5-9(10)11(17)18/h1-8,15H,14H2,(H,16,19)(H,17,18). The summed E-state index contributed by atoms with van der Waals surface area (Å²) in [6.45, 7) is 0. The molecule has 1 aromatic rings. The molecule has 5 N–H and O–H groups in total. The average molecular weight is 259 g/mol. The molecule has 19 heavy (non-hydrogen) atoms. The second-order valence-corrected chi connectivity index (χ2v) is 4.04. The van der Waals surface area contributed by atoms with Crippen LogP contribution in [0.4, 0.5) is 5.69 Å². The molecule has 1 amide bonds. The molecule has 0 spiro atoms. The molecule has 0 saturated carbocycles. The highest BCUT2D eigenvalue weighted by Gasteiger charge is 2.31. The molecule has 0 fully saturated rings. The maximum atomic E-state index is 12.1. The average Bonchev–Trinajstić information content (AvgIpc) is 2.40. The molecule has 0 bridgehead atoms. The first-order valence-electron chi connectivity index (χ1n) is 5.58. The first-order chi connectivity index (χ1) is 9.03. The molecular formula is C13H13N3O3. The number of anilines is 1. The molecule has 0 aromatic heterocycles. The Kier molecular flexibility index (Phi) is 3.35. The van der Waals surface area contributed by atoms with Gasteiger partial charge in [0, 0.05) is 0 Å². The van der Waals surface area contributed by atoms with Gasteiger partial charge in [0.2, 0.25) is 0 Å². The summed E-state index contributed by atoms with van der Waals surface area (Å²) in [7, 11) is 0. The van der Waals surface area contributed by atoms with Gasteiger partial charge in [0.05, 0.1) is 11.3 Å². The van der Waals surface area contributed by atoms with Gasteiger partial charge < -0.3 is 15.7 Å². The molecule has 0 radical (unpaired) electrons. The van der Waals surface area contributed by atoms with E-state index in [4.69, 9.17) is 10.8 Å². The summed E-state index contributed by atoms with van der Waals surface area (Å²) in [5.41, 5.74) is 4.69. The van der Waals surface area contributed by atoms with E-state index in [1.54, 1.807) is 30.5 Å². The molecule has 1 aromatic carbocycles. The number of benzene rings is 1. The summed E-state index contributed by atoms with van der Waals surface area (Å²) >= 11 is 0. The summed E-state index contributed by atoms with van der Waals surface area (Å²) in [5, 5.41) is 14.3. The summed E-state index contributed by atoms with van der Waals surface area (Å²) in [5.74, 6) is -1.66. The molecule has 1 unspecified atom stereocenters. The Morgan fingerprint density at radius 1 is 1.26 bits per heavy atom. The third-order valence-electron chi connectivity index (χ3n) is 2.67. The largest absolute Gasteiger partial charge is 0.478 e. The smallest absolute Gasteiger partial charge is 0.337 e. The van der Waals surface area contributed by atoms with Gasteiger partial charge in [-0.15, -0.1) is 0 Å². The summed E-state index contributed by atoms with van der Waals surface area (Å²) in [4.78, 5) is 23.1. The van der Waals surface area contributed by atoms with Crippen molar-refractivity contribution in [2.45, 2.75) is 5.66 Å². The van der Waals surface area contributed by atoms with Crippen LogP contribution in [0.5, 0.6) is 0 Å². The Morgan fingerprint density at radius 2 is 2.00 bits per heavy atom. The quantitative estimate of drug-likeness (QED) is 0.638. The number of para-hydroxylation sites is 1. The number of aromatic carboxylic acids is 1. The summed E-state index contributed by atoms with van der Waals surface area (Å²) < 4.78 is 0. The molecule has 0 saturated heterocycles. The summed E-state index contributed by atoms with van der Waals surface area (Å²) in [6, 6.07) is 6.13. The molecule has 1 atom stereocenters. The molecule has 2 rings (SSSR count). The number of allylic oxidation sites excluding steroid dienone is 2. The van der Waals surface area contributed by atoms with E-state index in [0.29, 0.717) is 0 Å². The van der Waals surface area contributed by atoms with Crippen molar-refractivity contribution in [1.29, 1.82) is 0 Å². The zero-order chi connectivity index (χ0) is 13.9. The number of nitrogens with two attached hydrogens (primary N) is 1. The van der Waals surface area contributed by atoms with E-state index < -0.39 is 17.5 Å². The van der Waals surface area contributed by atoms with Crippen molar-refractivity contribution in [3.05, 3.63) is 54.3 Å². The van der Waals surface area contributed by atoms with Gasteiger partial charge in [0.25, 0.3) is 5.91 Å². The molecule has 6 nitrogen and oxygen atoms in total.